The van der Waals surface area contributed by atoms with Gasteiger partial charge in [0.15, 0.2) is 5.58 Å². The molecule has 264 valence electrons. The standard InChI is InChI=1S/C51H32N2O2S/c1-6-12-49-39(7-1)32-50(56-49)36-21-28-42(29-22-36)53(41-26-19-35(20-27-41)38-23-30-44-43-8-2-4-10-46(43)54-48(44)31-38)40-24-17-34(18-25-40)33-13-15-37(16-14-33)51-52-45-9-3-5-11-47(45)55-51/h1-32H. The first-order valence-corrected chi connectivity index (χ1v) is 19.5. The molecule has 0 bridgehead atoms. The summed E-state index contributed by atoms with van der Waals surface area (Å²) in [5.41, 5.74) is 13.4. The molecule has 4 nitrogen and oxygen atoms in total. The average molecular weight is 737 g/mol. The normalized spacial score (nSPS) is 11.6. The number of benzene rings is 8. The van der Waals surface area contributed by atoms with Crippen molar-refractivity contribution in [1.82, 2.24) is 4.98 Å². The zero-order valence-corrected chi connectivity index (χ0v) is 30.9. The van der Waals surface area contributed by atoms with Crippen LogP contribution in [0.15, 0.2) is 203 Å². The molecule has 0 saturated carbocycles. The fraction of sp³-hybridized carbons (Fsp3) is 0. The Morgan fingerprint density at radius 3 is 1.62 bits per heavy atom. The minimum Gasteiger partial charge on any atom is -0.456 e. The Hall–Kier alpha value is -7.21. The number of nitrogens with zero attached hydrogens (tertiary/aromatic N) is 2. The minimum absolute atomic E-state index is 0.628. The maximum absolute atomic E-state index is 6.22. The Labute approximate surface area is 327 Å². The molecule has 0 unspecified atom stereocenters. The first kappa shape index (κ1) is 32.2. The van der Waals surface area contributed by atoms with E-state index in [9.17, 15) is 0 Å². The van der Waals surface area contributed by atoms with Crippen LogP contribution in [0.2, 0.25) is 0 Å². The number of aromatic nitrogens is 1. The van der Waals surface area contributed by atoms with Gasteiger partial charge >= 0.3 is 0 Å². The van der Waals surface area contributed by atoms with Gasteiger partial charge in [-0.3, -0.25) is 0 Å². The molecule has 0 amide bonds. The van der Waals surface area contributed by atoms with Crippen LogP contribution >= 0.6 is 11.3 Å². The van der Waals surface area contributed by atoms with Crippen LogP contribution in [0, 0.1) is 0 Å². The Balaban J connectivity index is 0.927. The number of para-hydroxylation sites is 3. The van der Waals surface area contributed by atoms with Crippen LogP contribution in [0.25, 0.3) is 87.3 Å². The second-order valence-electron chi connectivity index (χ2n) is 14.0. The highest BCUT2D eigenvalue weighted by atomic mass is 32.1. The lowest BCUT2D eigenvalue weighted by molar-refractivity contribution is 0.620. The van der Waals surface area contributed by atoms with Gasteiger partial charge in [0.25, 0.3) is 0 Å². The molecular weight excluding hydrogens is 705 g/mol. The Kier molecular flexibility index (Phi) is 7.64. The highest BCUT2D eigenvalue weighted by Crippen LogP contribution is 2.40. The zero-order chi connectivity index (χ0) is 37.0. The van der Waals surface area contributed by atoms with E-state index in [0.29, 0.717) is 5.89 Å². The summed E-state index contributed by atoms with van der Waals surface area (Å²) < 4.78 is 13.5. The Bertz CT molecular complexity index is 3110. The predicted molar refractivity (Wildman–Crippen MR) is 233 cm³/mol. The van der Waals surface area contributed by atoms with E-state index in [1.54, 1.807) is 0 Å². The van der Waals surface area contributed by atoms with Crippen molar-refractivity contribution in [2.45, 2.75) is 0 Å². The molecule has 3 heterocycles. The molecule has 0 aliphatic heterocycles. The quantitative estimate of drug-likeness (QED) is 0.163. The second kappa shape index (κ2) is 13.3. The van der Waals surface area contributed by atoms with E-state index in [4.69, 9.17) is 8.83 Å². The van der Waals surface area contributed by atoms with Crippen LogP contribution in [0.3, 0.4) is 0 Å². The van der Waals surface area contributed by atoms with Crippen LogP contribution in [0.5, 0.6) is 0 Å². The lowest BCUT2D eigenvalue weighted by Crippen LogP contribution is -2.09. The van der Waals surface area contributed by atoms with Gasteiger partial charge in [-0.2, -0.15) is 0 Å². The van der Waals surface area contributed by atoms with Crippen molar-refractivity contribution >= 4 is 71.5 Å². The lowest BCUT2D eigenvalue weighted by atomic mass is 10.0. The fourth-order valence-corrected chi connectivity index (χ4v) is 8.73. The van der Waals surface area contributed by atoms with Gasteiger partial charge in [0, 0.05) is 43.0 Å². The number of thiophene rings is 1. The van der Waals surface area contributed by atoms with Gasteiger partial charge in [0.1, 0.15) is 16.7 Å². The molecule has 0 N–H and O–H groups in total. The number of fused-ring (bicyclic) bond motifs is 5. The second-order valence-corrected chi connectivity index (χ2v) is 15.1. The first-order chi connectivity index (χ1) is 27.7. The minimum atomic E-state index is 0.628. The van der Waals surface area contributed by atoms with Crippen LogP contribution in [0.1, 0.15) is 0 Å². The van der Waals surface area contributed by atoms with E-state index >= 15 is 0 Å². The number of rotatable bonds is 7. The molecule has 5 heteroatoms. The van der Waals surface area contributed by atoms with Crippen molar-refractivity contribution in [3.63, 3.8) is 0 Å². The van der Waals surface area contributed by atoms with E-state index in [0.717, 1.165) is 77.9 Å². The highest BCUT2D eigenvalue weighted by Gasteiger charge is 2.16. The van der Waals surface area contributed by atoms with Crippen molar-refractivity contribution < 1.29 is 8.83 Å². The molecule has 11 aromatic rings. The molecule has 0 atom stereocenters. The van der Waals surface area contributed by atoms with Gasteiger partial charge in [0.2, 0.25) is 5.89 Å². The number of furan rings is 1. The van der Waals surface area contributed by atoms with Crippen molar-refractivity contribution in [2.75, 3.05) is 4.90 Å². The molecule has 56 heavy (non-hydrogen) atoms. The average Bonchev–Trinajstić information content (AvgIpc) is 4.00. The topological polar surface area (TPSA) is 42.4 Å². The highest BCUT2D eigenvalue weighted by molar-refractivity contribution is 7.22. The zero-order valence-electron chi connectivity index (χ0n) is 30.1. The molecule has 11 rings (SSSR count). The number of oxazole rings is 1. The van der Waals surface area contributed by atoms with E-state index < -0.39 is 0 Å². The lowest BCUT2D eigenvalue weighted by Gasteiger charge is -2.26. The summed E-state index contributed by atoms with van der Waals surface area (Å²) in [7, 11) is 0. The molecular formula is C51H32N2O2S. The van der Waals surface area contributed by atoms with Gasteiger partial charge < -0.3 is 13.7 Å². The maximum atomic E-state index is 6.22. The maximum Gasteiger partial charge on any atom is 0.227 e. The molecule has 0 fully saturated rings. The summed E-state index contributed by atoms with van der Waals surface area (Å²) in [6, 6.07) is 68.3. The molecule has 8 aromatic carbocycles. The fourth-order valence-electron chi connectivity index (χ4n) is 7.66. The van der Waals surface area contributed by atoms with Gasteiger partial charge in [-0.05, 0) is 124 Å². The summed E-state index contributed by atoms with van der Waals surface area (Å²) in [6.07, 6.45) is 0. The third kappa shape index (κ3) is 5.74. The monoisotopic (exact) mass is 736 g/mol. The van der Waals surface area contributed by atoms with Crippen molar-refractivity contribution in [2.24, 2.45) is 0 Å². The van der Waals surface area contributed by atoms with E-state index in [1.165, 1.54) is 20.5 Å². The van der Waals surface area contributed by atoms with Crippen molar-refractivity contribution in [3.8, 4) is 44.1 Å². The molecule has 0 radical (unpaired) electrons. The van der Waals surface area contributed by atoms with Gasteiger partial charge in [0.05, 0.1) is 0 Å². The Morgan fingerprint density at radius 1 is 0.393 bits per heavy atom. The van der Waals surface area contributed by atoms with Gasteiger partial charge in [-0.25, -0.2) is 4.98 Å². The summed E-state index contributed by atoms with van der Waals surface area (Å²) in [5.74, 6) is 0.628. The third-order valence-electron chi connectivity index (χ3n) is 10.6. The number of hydrogen-bond donors (Lipinski definition) is 0. The first-order valence-electron chi connectivity index (χ1n) is 18.7. The van der Waals surface area contributed by atoms with E-state index in [2.05, 4.69) is 168 Å². The summed E-state index contributed by atoms with van der Waals surface area (Å²) in [6.45, 7) is 0. The summed E-state index contributed by atoms with van der Waals surface area (Å²) >= 11 is 1.83. The van der Waals surface area contributed by atoms with Crippen molar-refractivity contribution in [3.05, 3.63) is 194 Å². The van der Waals surface area contributed by atoms with Crippen molar-refractivity contribution in [1.29, 1.82) is 0 Å². The van der Waals surface area contributed by atoms with Crippen LogP contribution in [0.4, 0.5) is 17.1 Å². The Morgan fingerprint density at radius 2 is 0.929 bits per heavy atom. The third-order valence-corrected chi connectivity index (χ3v) is 11.7. The van der Waals surface area contributed by atoms with Crippen LogP contribution in [-0.4, -0.2) is 4.98 Å². The van der Waals surface area contributed by atoms with Crippen LogP contribution in [-0.2, 0) is 0 Å². The molecule has 0 aliphatic rings. The predicted octanol–water partition coefficient (Wildman–Crippen LogP) is 15.1. The van der Waals surface area contributed by atoms with Crippen LogP contribution < -0.4 is 4.90 Å². The summed E-state index contributed by atoms with van der Waals surface area (Å²) in [4.78, 5) is 8.26. The number of hydrogen-bond acceptors (Lipinski definition) is 5. The largest absolute Gasteiger partial charge is 0.456 e. The number of anilines is 3. The molecule has 0 saturated heterocycles. The van der Waals surface area contributed by atoms with Gasteiger partial charge in [-0.1, -0.05) is 103 Å². The SMILES string of the molecule is c1ccc2sc(-c3ccc(N(c4ccc(-c5ccc(-c6nc7ccccc7o6)cc5)cc4)c4ccc(-c5ccc6c(c5)oc5ccccc56)cc4)cc3)cc2c1. The molecule has 3 aromatic heterocycles. The smallest absolute Gasteiger partial charge is 0.227 e. The van der Waals surface area contributed by atoms with E-state index in [1.807, 2.05) is 47.7 Å². The van der Waals surface area contributed by atoms with E-state index in [-0.39, 0.29) is 0 Å². The molecule has 0 spiro atoms. The van der Waals surface area contributed by atoms with Gasteiger partial charge in [-0.15, -0.1) is 11.3 Å². The summed E-state index contributed by atoms with van der Waals surface area (Å²) in [5, 5.41) is 3.55. The molecule has 0 aliphatic carbocycles.